The highest BCUT2D eigenvalue weighted by Gasteiger charge is 2.12. The van der Waals surface area contributed by atoms with Gasteiger partial charge in [-0.15, -0.1) is 0 Å². The van der Waals surface area contributed by atoms with Crippen molar-refractivity contribution in [2.24, 2.45) is 0 Å². The number of carbonyl (C=O) groups excluding carboxylic acids is 1. The van der Waals surface area contributed by atoms with E-state index >= 15 is 0 Å². The van der Waals surface area contributed by atoms with Crippen molar-refractivity contribution in [2.75, 3.05) is 0 Å². The molecule has 0 bridgehead atoms. The molecule has 0 saturated carbocycles. The Morgan fingerprint density at radius 3 is 1.42 bits per heavy atom. The maximum absolute atomic E-state index is 11.0. The summed E-state index contributed by atoms with van der Waals surface area (Å²) in [6, 6.07) is 28.5. The minimum Gasteiger partial charge on any atom is -0.307 e. The molecular formula is C21H18O4S. The molecule has 0 radical (unpaired) electrons. The predicted molar refractivity (Wildman–Crippen MR) is 105 cm³/mol. The first kappa shape index (κ1) is 19.3. The van der Waals surface area contributed by atoms with E-state index in [-0.39, 0.29) is 4.90 Å². The molecule has 0 spiro atoms. The molecule has 4 nitrogen and oxygen atoms in total. The average molecular weight is 366 g/mol. The summed E-state index contributed by atoms with van der Waals surface area (Å²) in [6.07, 6.45) is 0. The lowest BCUT2D eigenvalue weighted by molar-refractivity contribution is -0.0980. The Morgan fingerprint density at radius 2 is 0.962 bits per heavy atom. The first-order valence-electron chi connectivity index (χ1n) is 7.73. The number of benzene rings is 4. The van der Waals surface area contributed by atoms with E-state index in [0.717, 1.165) is 5.39 Å². The van der Waals surface area contributed by atoms with Crippen LogP contribution in [0.1, 0.15) is 0 Å². The molecule has 0 saturated heterocycles. The second-order valence-corrected chi connectivity index (χ2v) is 6.69. The Kier molecular flexibility index (Phi) is 6.60. The summed E-state index contributed by atoms with van der Waals surface area (Å²) in [4.78, 5) is 7.95. The summed E-state index contributed by atoms with van der Waals surface area (Å²) in [5.41, 5.74) is 0. The Hall–Kier alpha value is -3.02. The lowest BCUT2D eigenvalue weighted by Gasteiger charge is -2.02. The second-order valence-electron chi connectivity index (χ2n) is 5.30. The van der Waals surface area contributed by atoms with Gasteiger partial charge in [0.1, 0.15) is 11.7 Å². The molecule has 4 aromatic rings. The molecule has 1 N–H and O–H groups in total. The fraction of sp³-hybridized carbons (Fsp3) is 0. The molecule has 0 unspecified atom stereocenters. The molecule has 0 aromatic heterocycles. The van der Waals surface area contributed by atoms with Crippen molar-refractivity contribution >= 4 is 38.5 Å². The van der Waals surface area contributed by atoms with Crippen LogP contribution in [0.25, 0.3) is 21.5 Å². The van der Waals surface area contributed by atoms with Gasteiger partial charge in [-0.05, 0) is 22.2 Å². The normalized spacial score (nSPS) is 10.3. The first-order chi connectivity index (χ1) is 12.6. The van der Waals surface area contributed by atoms with E-state index in [0.29, 0.717) is 5.39 Å². The van der Waals surface area contributed by atoms with Crippen LogP contribution >= 0.6 is 0 Å². The van der Waals surface area contributed by atoms with Crippen LogP contribution in [0, 0.1) is 0 Å². The van der Waals surface area contributed by atoms with Crippen LogP contribution in [0.5, 0.6) is 0 Å². The van der Waals surface area contributed by atoms with Crippen molar-refractivity contribution in [1.29, 1.82) is 0 Å². The highest BCUT2D eigenvalue weighted by molar-refractivity contribution is 7.86. The van der Waals surface area contributed by atoms with Crippen LogP contribution < -0.4 is 0 Å². The lowest BCUT2D eigenvalue weighted by atomic mass is 10.1. The van der Waals surface area contributed by atoms with Crippen LogP contribution in [-0.4, -0.2) is 19.8 Å². The van der Waals surface area contributed by atoms with Gasteiger partial charge in [-0.25, -0.2) is 0 Å². The van der Waals surface area contributed by atoms with E-state index in [2.05, 4.69) is 48.5 Å². The van der Waals surface area contributed by atoms with E-state index in [1.54, 1.807) is 30.3 Å². The van der Waals surface area contributed by atoms with Gasteiger partial charge < -0.3 is 4.79 Å². The Labute approximate surface area is 152 Å². The summed E-state index contributed by atoms with van der Waals surface area (Å²) in [5.74, 6) is 0. The van der Waals surface area contributed by atoms with Gasteiger partial charge in [-0.1, -0.05) is 84.9 Å². The van der Waals surface area contributed by atoms with Crippen molar-refractivity contribution in [2.45, 2.75) is 4.90 Å². The summed E-state index contributed by atoms with van der Waals surface area (Å²) in [6.45, 7) is 2.00. The lowest BCUT2D eigenvalue weighted by Crippen LogP contribution is -1.98. The third-order valence-electron chi connectivity index (χ3n) is 3.69. The molecule has 0 aliphatic rings. The minimum atomic E-state index is -4.13. The van der Waals surface area contributed by atoms with Gasteiger partial charge >= 0.3 is 0 Å². The van der Waals surface area contributed by atoms with Gasteiger partial charge in [0.2, 0.25) is 0 Å². The van der Waals surface area contributed by atoms with E-state index in [1.807, 2.05) is 12.9 Å². The number of fused-ring (bicyclic) bond motifs is 2. The Balaban J connectivity index is 0.000000178. The molecule has 132 valence electrons. The van der Waals surface area contributed by atoms with E-state index in [1.165, 1.54) is 16.8 Å². The maximum atomic E-state index is 11.0. The second kappa shape index (κ2) is 8.89. The van der Waals surface area contributed by atoms with Crippen LogP contribution in [0.3, 0.4) is 0 Å². The summed E-state index contributed by atoms with van der Waals surface area (Å²) < 4.78 is 31.0. The van der Waals surface area contributed by atoms with E-state index < -0.39 is 10.1 Å². The van der Waals surface area contributed by atoms with Crippen molar-refractivity contribution < 1.29 is 17.8 Å². The molecule has 4 aromatic carbocycles. The molecule has 0 amide bonds. The molecule has 0 heterocycles. The van der Waals surface area contributed by atoms with Crippen LogP contribution in [0.4, 0.5) is 0 Å². The third-order valence-corrected chi connectivity index (χ3v) is 4.60. The topological polar surface area (TPSA) is 71.4 Å². The highest BCUT2D eigenvalue weighted by atomic mass is 32.2. The maximum Gasteiger partial charge on any atom is 0.295 e. The molecule has 0 fully saturated rings. The minimum absolute atomic E-state index is 0.0457. The van der Waals surface area contributed by atoms with E-state index in [9.17, 15) is 8.42 Å². The van der Waals surface area contributed by atoms with Crippen molar-refractivity contribution in [3.63, 3.8) is 0 Å². The van der Waals surface area contributed by atoms with Gasteiger partial charge in [-0.2, -0.15) is 8.42 Å². The average Bonchev–Trinajstić information content (AvgIpc) is 2.69. The zero-order chi connectivity index (χ0) is 19.0. The quantitative estimate of drug-likeness (QED) is 0.494. The molecule has 4 rings (SSSR count). The zero-order valence-electron chi connectivity index (χ0n) is 13.9. The fourth-order valence-electron chi connectivity index (χ4n) is 2.55. The fourth-order valence-corrected chi connectivity index (χ4v) is 3.27. The molecule has 0 atom stereocenters. The summed E-state index contributed by atoms with van der Waals surface area (Å²) in [5, 5.41) is 3.95. The van der Waals surface area contributed by atoms with Gasteiger partial charge in [0.25, 0.3) is 10.1 Å². The predicted octanol–water partition coefficient (Wildman–Crippen LogP) is 4.74. The Bertz CT molecular complexity index is 1030. The first-order valence-corrected chi connectivity index (χ1v) is 9.17. The smallest absolute Gasteiger partial charge is 0.295 e. The largest absolute Gasteiger partial charge is 0.307 e. The number of rotatable bonds is 1. The molecular weight excluding hydrogens is 348 g/mol. The van der Waals surface area contributed by atoms with Gasteiger partial charge in [0.05, 0.1) is 0 Å². The monoisotopic (exact) mass is 366 g/mol. The number of carbonyl (C=O) groups is 1. The van der Waals surface area contributed by atoms with Crippen LogP contribution in [-0.2, 0) is 14.9 Å². The van der Waals surface area contributed by atoms with Crippen molar-refractivity contribution in [3.8, 4) is 0 Å². The van der Waals surface area contributed by atoms with Crippen molar-refractivity contribution in [3.05, 3.63) is 91.0 Å². The van der Waals surface area contributed by atoms with Crippen molar-refractivity contribution in [1.82, 2.24) is 0 Å². The third kappa shape index (κ3) is 4.75. The summed E-state index contributed by atoms with van der Waals surface area (Å²) in [7, 11) is -4.13. The summed E-state index contributed by atoms with van der Waals surface area (Å²) >= 11 is 0. The SMILES string of the molecule is C=O.O=S(=O)(O)c1cccc2ccccc12.c1ccc2ccccc2c1. The molecule has 26 heavy (non-hydrogen) atoms. The highest BCUT2D eigenvalue weighted by Crippen LogP contribution is 2.22. The Morgan fingerprint density at radius 1 is 0.577 bits per heavy atom. The number of hydrogen-bond donors (Lipinski definition) is 1. The number of hydrogen-bond acceptors (Lipinski definition) is 3. The van der Waals surface area contributed by atoms with Gasteiger partial charge in [0.15, 0.2) is 0 Å². The van der Waals surface area contributed by atoms with E-state index in [4.69, 9.17) is 9.35 Å². The standard InChI is InChI=1S/C10H8O3S.C10H8.CH2O/c11-14(12,13)10-7-3-5-8-4-1-2-6-9(8)10;1-2-6-10-8-4-3-7-9(10)5-1;1-2/h1-7H,(H,11,12,13);1-8H;1H2. The van der Waals surface area contributed by atoms with Gasteiger partial charge in [0, 0.05) is 5.39 Å². The molecule has 0 aliphatic heterocycles. The molecule has 0 aliphatic carbocycles. The zero-order valence-corrected chi connectivity index (χ0v) is 14.8. The van der Waals surface area contributed by atoms with Gasteiger partial charge in [-0.3, -0.25) is 4.55 Å². The van der Waals surface area contributed by atoms with Crippen LogP contribution in [0.2, 0.25) is 0 Å². The molecule has 5 heteroatoms. The van der Waals surface area contributed by atoms with Crippen LogP contribution in [0.15, 0.2) is 95.9 Å².